The number of hydrogen-bond acceptors (Lipinski definition) is 3. The minimum absolute atomic E-state index is 0.0169. The van der Waals surface area contributed by atoms with E-state index in [1.165, 1.54) is 0 Å². The van der Waals surface area contributed by atoms with Gasteiger partial charge >= 0.3 is 0 Å². The van der Waals surface area contributed by atoms with Crippen LogP contribution in [0, 0.1) is 0 Å². The van der Waals surface area contributed by atoms with Gasteiger partial charge in [-0.3, -0.25) is 4.99 Å². The molecule has 0 unspecified atom stereocenters. The molecule has 1 atom stereocenters. The lowest BCUT2D eigenvalue weighted by molar-refractivity contribution is 0.977. The first-order valence-corrected chi connectivity index (χ1v) is 3.38. The first-order chi connectivity index (χ1) is 5.26. The van der Waals surface area contributed by atoms with Gasteiger partial charge in [0.05, 0.1) is 11.8 Å². The van der Waals surface area contributed by atoms with Crippen LogP contribution < -0.4 is 0 Å². The summed E-state index contributed by atoms with van der Waals surface area (Å²) in [6.45, 7) is 10.5. The van der Waals surface area contributed by atoms with E-state index in [0.717, 1.165) is 5.71 Å². The molecule has 0 heterocycles. The number of allylic oxidation sites excluding steroid dienone is 1. The molecule has 0 radical (unpaired) electrons. The van der Waals surface area contributed by atoms with Crippen LogP contribution in [0.15, 0.2) is 27.3 Å². The van der Waals surface area contributed by atoms with Crippen LogP contribution in [0.25, 0.3) is 0 Å². The highest BCUT2D eigenvalue weighted by Crippen LogP contribution is 1.95. The fourth-order valence-electron chi connectivity index (χ4n) is 0.602. The first kappa shape index (κ1) is 9.75. The van der Waals surface area contributed by atoms with E-state index in [0.29, 0.717) is 0 Å². The second-order valence-electron chi connectivity index (χ2n) is 2.02. The predicted octanol–water partition coefficient (Wildman–Crippen LogP) is 1.71. The largest absolute Gasteiger partial charge is 0.291 e. The van der Waals surface area contributed by atoms with Gasteiger partial charge in [-0.15, -0.1) is 0 Å². The van der Waals surface area contributed by atoms with Crippen molar-refractivity contribution in [3.8, 4) is 0 Å². The zero-order valence-corrected chi connectivity index (χ0v) is 6.99. The molecule has 60 valence electrons. The smallest absolute Gasteiger partial charge is 0.0902 e. The lowest BCUT2D eigenvalue weighted by atomic mass is 10.2. The van der Waals surface area contributed by atoms with E-state index < -0.39 is 0 Å². The highest BCUT2D eigenvalue weighted by molar-refractivity contribution is 5.99. The molecule has 0 aliphatic rings. The van der Waals surface area contributed by atoms with E-state index in [-0.39, 0.29) is 6.04 Å². The van der Waals surface area contributed by atoms with Crippen LogP contribution in [0.4, 0.5) is 0 Å². The van der Waals surface area contributed by atoms with E-state index in [1.807, 2.05) is 26.0 Å². The average molecular weight is 151 g/mol. The molecular formula is C8H13N3. The lowest BCUT2D eigenvalue weighted by Gasteiger charge is -2.01. The summed E-state index contributed by atoms with van der Waals surface area (Å²) in [6, 6.07) is -0.0169. The second kappa shape index (κ2) is 5.53. The molecule has 0 saturated heterocycles. The molecule has 3 heteroatoms. The molecule has 0 amide bonds. The van der Waals surface area contributed by atoms with Gasteiger partial charge in [0.2, 0.25) is 0 Å². The second-order valence-corrected chi connectivity index (χ2v) is 2.02. The van der Waals surface area contributed by atoms with Crippen molar-refractivity contribution in [2.24, 2.45) is 15.2 Å². The maximum absolute atomic E-state index is 3.81. The molecule has 0 aliphatic heterocycles. The maximum atomic E-state index is 3.81. The van der Waals surface area contributed by atoms with Crippen molar-refractivity contribution < 1.29 is 0 Å². The minimum Gasteiger partial charge on any atom is -0.291 e. The van der Waals surface area contributed by atoms with Gasteiger partial charge in [-0.05, 0) is 26.6 Å². The van der Waals surface area contributed by atoms with E-state index in [2.05, 4.69) is 28.6 Å². The van der Waals surface area contributed by atoms with Crippen LogP contribution in [0.3, 0.4) is 0 Å². The molecule has 0 aliphatic carbocycles. The topological polar surface area (TPSA) is 37.1 Å². The zero-order valence-electron chi connectivity index (χ0n) is 6.99. The Morgan fingerprint density at radius 2 is 2.09 bits per heavy atom. The predicted molar refractivity (Wildman–Crippen MR) is 50.8 cm³/mol. The Morgan fingerprint density at radius 3 is 2.45 bits per heavy atom. The van der Waals surface area contributed by atoms with Crippen LogP contribution in [0.2, 0.25) is 0 Å². The maximum Gasteiger partial charge on any atom is 0.0902 e. The minimum atomic E-state index is -0.0169. The van der Waals surface area contributed by atoms with Crippen molar-refractivity contribution in [3.05, 3.63) is 12.2 Å². The molecule has 0 bridgehead atoms. The highest BCUT2D eigenvalue weighted by Gasteiger charge is 2.02. The molecule has 11 heavy (non-hydrogen) atoms. The van der Waals surface area contributed by atoms with Gasteiger partial charge in [0.1, 0.15) is 0 Å². The van der Waals surface area contributed by atoms with Gasteiger partial charge in [-0.1, -0.05) is 6.08 Å². The van der Waals surface area contributed by atoms with Crippen LogP contribution in [-0.4, -0.2) is 25.2 Å². The summed E-state index contributed by atoms with van der Waals surface area (Å²) < 4.78 is 0. The van der Waals surface area contributed by atoms with Gasteiger partial charge in [-0.2, -0.15) is 10.2 Å². The zero-order chi connectivity index (χ0) is 8.69. The first-order valence-electron chi connectivity index (χ1n) is 3.38. The van der Waals surface area contributed by atoms with Gasteiger partial charge in [0.15, 0.2) is 0 Å². The number of hydrogen-bond donors (Lipinski definition) is 0. The van der Waals surface area contributed by atoms with Crippen molar-refractivity contribution in [1.29, 1.82) is 0 Å². The fraction of sp³-hybridized carbons (Fsp3) is 0.375. The molecule has 0 spiro atoms. The summed E-state index contributed by atoms with van der Waals surface area (Å²) in [7, 11) is 0. The Bertz CT molecular complexity index is 192. The van der Waals surface area contributed by atoms with Crippen molar-refractivity contribution in [2.45, 2.75) is 19.9 Å². The molecule has 0 rings (SSSR count). The molecule has 0 N–H and O–H groups in total. The lowest BCUT2D eigenvalue weighted by Crippen LogP contribution is -2.10. The monoisotopic (exact) mass is 151 g/mol. The number of nitrogens with zero attached hydrogens (tertiary/aromatic N) is 3. The molecule has 0 saturated carbocycles. The molecular weight excluding hydrogens is 138 g/mol. The van der Waals surface area contributed by atoms with Gasteiger partial charge in [0, 0.05) is 6.72 Å². The highest BCUT2D eigenvalue weighted by atomic mass is 15.2. The van der Waals surface area contributed by atoms with Crippen molar-refractivity contribution in [2.75, 3.05) is 0 Å². The Hall–Kier alpha value is -1.25. The van der Waals surface area contributed by atoms with Crippen molar-refractivity contribution in [1.82, 2.24) is 0 Å². The fourth-order valence-corrected chi connectivity index (χ4v) is 0.602. The van der Waals surface area contributed by atoms with Gasteiger partial charge < -0.3 is 0 Å². The third-order valence-electron chi connectivity index (χ3n) is 1.23. The SMILES string of the molecule is C=N/N=C(\C=C/C)[C@H](C)N=C. The summed E-state index contributed by atoms with van der Waals surface area (Å²) in [5.74, 6) is 0. The Kier molecular flexibility index (Phi) is 4.90. The summed E-state index contributed by atoms with van der Waals surface area (Å²) in [5, 5.41) is 7.22. The Labute approximate surface area is 67.3 Å². The van der Waals surface area contributed by atoms with Gasteiger partial charge in [0.25, 0.3) is 0 Å². The third-order valence-corrected chi connectivity index (χ3v) is 1.23. The van der Waals surface area contributed by atoms with Crippen LogP contribution in [0.1, 0.15) is 13.8 Å². The number of aliphatic imine (C=N–C) groups is 1. The summed E-state index contributed by atoms with van der Waals surface area (Å²) in [6.07, 6.45) is 3.72. The van der Waals surface area contributed by atoms with Crippen molar-refractivity contribution >= 4 is 19.1 Å². The summed E-state index contributed by atoms with van der Waals surface area (Å²) in [5.41, 5.74) is 0.775. The molecule has 3 nitrogen and oxygen atoms in total. The van der Waals surface area contributed by atoms with Crippen molar-refractivity contribution in [3.63, 3.8) is 0 Å². The van der Waals surface area contributed by atoms with E-state index >= 15 is 0 Å². The molecule has 0 aromatic carbocycles. The summed E-state index contributed by atoms with van der Waals surface area (Å²) in [4.78, 5) is 3.81. The number of rotatable bonds is 4. The molecule has 0 aromatic heterocycles. The average Bonchev–Trinajstić information content (AvgIpc) is 2.03. The van der Waals surface area contributed by atoms with E-state index in [9.17, 15) is 0 Å². The Balaban J connectivity index is 4.45. The normalized spacial score (nSPS) is 14.9. The van der Waals surface area contributed by atoms with Crippen LogP contribution >= 0.6 is 0 Å². The van der Waals surface area contributed by atoms with E-state index in [1.54, 1.807) is 0 Å². The molecule has 0 fully saturated rings. The third kappa shape index (κ3) is 3.45. The molecule has 0 aromatic rings. The van der Waals surface area contributed by atoms with Gasteiger partial charge in [-0.25, -0.2) is 0 Å². The van der Waals surface area contributed by atoms with Crippen LogP contribution in [0.5, 0.6) is 0 Å². The van der Waals surface area contributed by atoms with Crippen LogP contribution in [-0.2, 0) is 0 Å². The standard InChI is InChI=1S/C8H13N3/c1-5-6-8(11-10-4)7(2)9-3/h5-7H,3-4H2,1-2H3/b6-5-,11-8+/t7-/m0/s1. The quantitative estimate of drug-likeness (QED) is 0.433. The van der Waals surface area contributed by atoms with E-state index in [4.69, 9.17) is 0 Å². The Morgan fingerprint density at radius 1 is 1.45 bits per heavy atom. The summed E-state index contributed by atoms with van der Waals surface area (Å²) >= 11 is 0.